The number of nitrogens with zero attached hydrogens (tertiary/aromatic N) is 2. The van der Waals surface area contributed by atoms with Crippen molar-refractivity contribution in [3.63, 3.8) is 0 Å². The van der Waals surface area contributed by atoms with Crippen LogP contribution >= 0.6 is 0 Å². The van der Waals surface area contributed by atoms with Gasteiger partial charge in [-0.3, -0.25) is 0 Å². The zero-order valence-electron chi connectivity index (χ0n) is 5.51. The molecular formula is C5H4F3N2O. The van der Waals surface area contributed by atoms with Gasteiger partial charge in [-0.05, 0) is 0 Å². The summed E-state index contributed by atoms with van der Waals surface area (Å²) in [6, 6.07) is 0. The van der Waals surface area contributed by atoms with Gasteiger partial charge < -0.3 is 4.74 Å². The smallest absolute Gasteiger partial charge is 0.336 e. The molecule has 6 heteroatoms. The lowest BCUT2D eigenvalue weighted by atomic mass is 10.6. The zero-order valence-corrected chi connectivity index (χ0v) is 5.51. The topological polar surface area (TPSA) is 27.1 Å². The molecule has 0 aliphatic rings. The van der Waals surface area contributed by atoms with E-state index in [9.17, 15) is 13.2 Å². The normalized spacial score (nSPS) is 10.6. The molecule has 0 atom stereocenters. The highest BCUT2D eigenvalue weighted by atomic mass is 19.3. The van der Waals surface area contributed by atoms with Crippen molar-refractivity contribution in [1.29, 1.82) is 0 Å². The van der Waals surface area contributed by atoms with Crippen LogP contribution < -0.4 is 4.74 Å². The Kier molecular flexibility index (Phi) is 2.02. The summed E-state index contributed by atoms with van der Waals surface area (Å²) in [5, 5.41) is 2.93. The van der Waals surface area contributed by atoms with E-state index < -0.39 is 18.2 Å². The lowest BCUT2D eigenvalue weighted by molar-refractivity contribution is 0.0469. The molecule has 0 N–H and O–H groups in total. The molecule has 11 heavy (non-hydrogen) atoms. The third-order valence-electron chi connectivity index (χ3n) is 1.03. The Hall–Kier alpha value is -1.20. The van der Waals surface area contributed by atoms with Gasteiger partial charge in [-0.25, -0.2) is 0 Å². The molecule has 0 spiro atoms. The van der Waals surface area contributed by atoms with Crippen LogP contribution in [0.5, 0.6) is 5.88 Å². The SMILES string of the molecule is COc1c(F)[c]nn1C(F)F. The average Bonchev–Trinajstić information content (AvgIpc) is 2.30. The first-order valence-electron chi connectivity index (χ1n) is 2.64. The van der Waals surface area contributed by atoms with E-state index in [1.807, 2.05) is 0 Å². The Bertz CT molecular complexity index is 248. The van der Waals surface area contributed by atoms with Crippen LogP contribution in [-0.4, -0.2) is 16.9 Å². The second-order valence-corrected chi connectivity index (χ2v) is 1.66. The van der Waals surface area contributed by atoms with Gasteiger partial charge in [0.15, 0.2) is 6.20 Å². The second-order valence-electron chi connectivity index (χ2n) is 1.66. The highest BCUT2D eigenvalue weighted by Crippen LogP contribution is 2.21. The number of ether oxygens (including phenoxy) is 1. The Labute approximate surface area is 60.4 Å². The van der Waals surface area contributed by atoms with Gasteiger partial charge in [-0.15, -0.1) is 0 Å². The van der Waals surface area contributed by atoms with Crippen molar-refractivity contribution in [2.45, 2.75) is 6.55 Å². The van der Waals surface area contributed by atoms with E-state index in [0.29, 0.717) is 0 Å². The maximum atomic E-state index is 12.4. The first-order chi connectivity index (χ1) is 5.16. The first-order valence-corrected chi connectivity index (χ1v) is 2.64. The molecule has 1 radical (unpaired) electrons. The summed E-state index contributed by atoms with van der Waals surface area (Å²) in [5.41, 5.74) is 0. The van der Waals surface area contributed by atoms with E-state index in [1.54, 1.807) is 6.20 Å². The molecule has 0 bridgehead atoms. The molecule has 61 valence electrons. The quantitative estimate of drug-likeness (QED) is 0.658. The fourth-order valence-corrected chi connectivity index (χ4v) is 0.607. The van der Waals surface area contributed by atoms with E-state index >= 15 is 0 Å². The van der Waals surface area contributed by atoms with Crippen molar-refractivity contribution in [2.75, 3.05) is 7.11 Å². The molecule has 0 saturated carbocycles. The molecule has 0 aromatic carbocycles. The summed E-state index contributed by atoms with van der Waals surface area (Å²) >= 11 is 0. The van der Waals surface area contributed by atoms with Crippen molar-refractivity contribution < 1.29 is 17.9 Å². The van der Waals surface area contributed by atoms with Gasteiger partial charge in [0.25, 0.3) is 5.88 Å². The van der Waals surface area contributed by atoms with Crippen molar-refractivity contribution in [2.24, 2.45) is 0 Å². The van der Waals surface area contributed by atoms with Gasteiger partial charge in [0, 0.05) is 0 Å². The second kappa shape index (κ2) is 2.81. The van der Waals surface area contributed by atoms with Gasteiger partial charge in [0.2, 0.25) is 5.82 Å². The molecule has 0 unspecified atom stereocenters. The van der Waals surface area contributed by atoms with Crippen LogP contribution in [0.4, 0.5) is 13.2 Å². The minimum Gasteiger partial charge on any atom is -0.479 e. The van der Waals surface area contributed by atoms with Crippen LogP contribution in [0.1, 0.15) is 6.55 Å². The number of hydrogen-bond donors (Lipinski definition) is 0. The molecule has 0 saturated heterocycles. The van der Waals surface area contributed by atoms with Gasteiger partial charge >= 0.3 is 6.55 Å². The van der Waals surface area contributed by atoms with Gasteiger partial charge in [-0.1, -0.05) is 0 Å². The molecule has 1 aromatic rings. The summed E-state index contributed by atoms with van der Waals surface area (Å²) < 4.78 is 40.5. The summed E-state index contributed by atoms with van der Waals surface area (Å²) in [7, 11) is 1.08. The summed E-state index contributed by atoms with van der Waals surface area (Å²) in [5.74, 6) is -1.63. The largest absolute Gasteiger partial charge is 0.479 e. The maximum absolute atomic E-state index is 12.4. The molecule has 0 aliphatic carbocycles. The van der Waals surface area contributed by atoms with Crippen molar-refractivity contribution >= 4 is 0 Å². The van der Waals surface area contributed by atoms with Crippen LogP contribution in [0, 0.1) is 12.0 Å². The third-order valence-corrected chi connectivity index (χ3v) is 1.03. The average molecular weight is 165 g/mol. The Morgan fingerprint density at radius 1 is 1.64 bits per heavy atom. The Morgan fingerprint density at radius 2 is 2.27 bits per heavy atom. The van der Waals surface area contributed by atoms with E-state index in [1.165, 1.54) is 0 Å². The molecule has 1 aromatic heterocycles. The summed E-state index contributed by atoms with van der Waals surface area (Å²) in [6.07, 6.45) is 1.71. The van der Waals surface area contributed by atoms with Gasteiger partial charge in [0.05, 0.1) is 7.11 Å². The van der Waals surface area contributed by atoms with Gasteiger partial charge in [-0.2, -0.15) is 23.0 Å². The predicted molar refractivity (Wildman–Crippen MR) is 28.8 cm³/mol. The number of methoxy groups -OCH3 is 1. The lowest BCUT2D eigenvalue weighted by Crippen LogP contribution is -2.03. The first kappa shape index (κ1) is 7.90. The number of rotatable bonds is 2. The molecular weight excluding hydrogens is 161 g/mol. The zero-order chi connectivity index (χ0) is 8.43. The fourth-order valence-electron chi connectivity index (χ4n) is 0.607. The summed E-state index contributed by atoms with van der Waals surface area (Å²) in [4.78, 5) is 0. The molecule has 1 heterocycles. The minimum atomic E-state index is -2.91. The van der Waals surface area contributed by atoms with Crippen molar-refractivity contribution in [1.82, 2.24) is 9.78 Å². The van der Waals surface area contributed by atoms with E-state index in [0.717, 1.165) is 7.11 Å². The van der Waals surface area contributed by atoms with E-state index in [-0.39, 0.29) is 4.68 Å². The molecule has 0 fully saturated rings. The van der Waals surface area contributed by atoms with Crippen LogP contribution in [0.25, 0.3) is 0 Å². The van der Waals surface area contributed by atoms with Crippen molar-refractivity contribution in [3.8, 4) is 5.88 Å². The Morgan fingerprint density at radius 3 is 2.64 bits per heavy atom. The van der Waals surface area contributed by atoms with Gasteiger partial charge in [0.1, 0.15) is 0 Å². The van der Waals surface area contributed by atoms with Crippen LogP contribution in [-0.2, 0) is 0 Å². The number of hydrogen-bond acceptors (Lipinski definition) is 2. The monoisotopic (exact) mass is 165 g/mol. The summed E-state index contributed by atoms with van der Waals surface area (Å²) in [6.45, 7) is -2.91. The number of halogens is 3. The predicted octanol–water partition coefficient (Wildman–Crippen LogP) is 1.23. The third kappa shape index (κ3) is 1.28. The highest BCUT2D eigenvalue weighted by molar-refractivity contribution is 5.09. The van der Waals surface area contributed by atoms with Crippen LogP contribution in [0.2, 0.25) is 0 Å². The van der Waals surface area contributed by atoms with Crippen LogP contribution in [0.3, 0.4) is 0 Å². The molecule has 3 nitrogen and oxygen atoms in total. The highest BCUT2D eigenvalue weighted by Gasteiger charge is 2.17. The van der Waals surface area contributed by atoms with E-state index in [4.69, 9.17) is 0 Å². The van der Waals surface area contributed by atoms with E-state index in [2.05, 4.69) is 9.84 Å². The number of alkyl halides is 2. The van der Waals surface area contributed by atoms with Crippen molar-refractivity contribution in [3.05, 3.63) is 12.0 Å². The lowest BCUT2D eigenvalue weighted by Gasteiger charge is -2.02. The molecule has 0 amide bonds. The molecule has 0 aliphatic heterocycles. The Balaban J connectivity index is 3.05. The van der Waals surface area contributed by atoms with Crippen LogP contribution in [0.15, 0.2) is 0 Å². The minimum absolute atomic E-state index is 0.106. The maximum Gasteiger partial charge on any atom is 0.336 e. The number of aromatic nitrogens is 2. The molecule has 1 rings (SSSR count). The fraction of sp³-hybridized carbons (Fsp3) is 0.400. The standard InChI is InChI=1S/C5H4F3N2O/c1-11-4-3(6)2-9-10(4)5(7)8/h5H,1H3.